The predicted molar refractivity (Wildman–Crippen MR) is 96.2 cm³/mol. The molecule has 0 aliphatic heterocycles. The number of aryl methyl sites for hydroxylation is 1. The van der Waals surface area contributed by atoms with E-state index >= 15 is 0 Å². The molecule has 0 bridgehead atoms. The highest BCUT2D eigenvalue weighted by Crippen LogP contribution is 2.32. The molecule has 136 valence electrons. The van der Waals surface area contributed by atoms with Crippen LogP contribution in [0, 0.1) is 13.8 Å². The molecular weight excluding hydrogens is 354 g/mol. The third-order valence-electron chi connectivity index (χ3n) is 4.04. The molecule has 0 saturated carbocycles. The second-order valence-electron chi connectivity index (χ2n) is 5.73. The van der Waals surface area contributed by atoms with Gasteiger partial charge in [0.2, 0.25) is 10.0 Å². The molecule has 3 rings (SSSR count). The number of sulfonamides is 1. The van der Waals surface area contributed by atoms with Crippen molar-refractivity contribution in [2.45, 2.75) is 25.3 Å². The Balaban J connectivity index is 1.96. The fourth-order valence-electron chi connectivity index (χ4n) is 2.46. The summed E-state index contributed by atoms with van der Waals surface area (Å²) in [7, 11) is -2.39. The number of rotatable bonds is 6. The summed E-state index contributed by atoms with van der Waals surface area (Å²) in [6, 6.07) is 10.2. The van der Waals surface area contributed by atoms with Gasteiger partial charge in [-0.25, -0.2) is 13.1 Å². The third-order valence-corrected chi connectivity index (χ3v) is 5.46. The maximum atomic E-state index is 12.8. The van der Waals surface area contributed by atoms with Crippen molar-refractivity contribution < 1.29 is 17.7 Å². The fraction of sp³-hybridized carbons (Fsp3) is 0.222. The maximum absolute atomic E-state index is 12.8. The first-order valence-electron chi connectivity index (χ1n) is 7.93. The number of nitrogens with one attached hydrogen (secondary N) is 1. The number of methoxy groups -OCH3 is 1. The molecule has 1 N–H and O–H groups in total. The summed E-state index contributed by atoms with van der Waals surface area (Å²) >= 11 is 0. The largest absolute Gasteiger partial charge is 0.495 e. The number of benzene rings is 1. The lowest BCUT2D eigenvalue weighted by Gasteiger charge is -2.12. The number of ether oxygens (including phenoxy) is 1. The minimum Gasteiger partial charge on any atom is -0.495 e. The molecular formula is C18H19N3O4S. The first kappa shape index (κ1) is 18.1. The van der Waals surface area contributed by atoms with E-state index in [-0.39, 0.29) is 17.2 Å². The van der Waals surface area contributed by atoms with Gasteiger partial charge in [-0.3, -0.25) is 4.98 Å². The second kappa shape index (κ2) is 7.27. The van der Waals surface area contributed by atoms with Crippen LogP contribution >= 0.6 is 0 Å². The topological polar surface area (TPSA) is 94.3 Å². The van der Waals surface area contributed by atoms with Gasteiger partial charge in [0.1, 0.15) is 10.6 Å². The van der Waals surface area contributed by atoms with Crippen LogP contribution < -0.4 is 9.46 Å². The van der Waals surface area contributed by atoms with Gasteiger partial charge in [0.15, 0.2) is 5.76 Å². The zero-order valence-electron chi connectivity index (χ0n) is 14.7. The van der Waals surface area contributed by atoms with Gasteiger partial charge in [-0.15, -0.1) is 0 Å². The predicted octanol–water partition coefficient (Wildman–Crippen LogP) is 2.84. The summed E-state index contributed by atoms with van der Waals surface area (Å²) in [6.07, 6.45) is 1.61. The standard InChI is InChI=1S/C18H19N3O4S/c1-12-13(2)21-25-18(12)14-7-8-16(24-3)17(10-14)26(22,23)20-11-15-6-4-5-9-19-15/h4-10,20H,11H2,1-3H3. The average molecular weight is 373 g/mol. The van der Waals surface area contributed by atoms with Gasteiger partial charge in [0.05, 0.1) is 25.0 Å². The van der Waals surface area contributed by atoms with Gasteiger partial charge in [-0.05, 0) is 44.2 Å². The van der Waals surface area contributed by atoms with Crippen LogP contribution in [0.4, 0.5) is 0 Å². The van der Waals surface area contributed by atoms with Crippen LogP contribution in [0.25, 0.3) is 11.3 Å². The Hall–Kier alpha value is -2.71. The molecule has 1 aromatic carbocycles. The van der Waals surface area contributed by atoms with E-state index in [2.05, 4.69) is 14.9 Å². The van der Waals surface area contributed by atoms with Crippen molar-refractivity contribution in [1.29, 1.82) is 0 Å². The van der Waals surface area contributed by atoms with Gasteiger partial charge >= 0.3 is 0 Å². The van der Waals surface area contributed by atoms with E-state index in [1.54, 1.807) is 36.5 Å². The molecule has 3 aromatic rings. The molecule has 0 spiro atoms. The Kier molecular flexibility index (Phi) is 5.06. The van der Waals surface area contributed by atoms with Crippen LogP contribution in [0.5, 0.6) is 5.75 Å². The Morgan fingerprint density at radius 1 is 1.19 bits per heavy atom. The van der Waals surface area contributed by atoms with Crippen LogP contribution in [-0.2, 0) is 16.6 Å². The van der Waals surface area contributed by atoms with Crippen LogP contribution in [0.3, 0.4) is 0 Å². The van der Waals surface area contributed by atoms with E-state index in [9.17, 15) is 8.42 Å². The summed E-state index contributed by atoms with van der Waals surface area (Å²) in [5.74, 6) is 0.780. The summed E-state index contributed by atoms with van der Waals surface area (Å²) in [6.45, 7) is 3.79. The monoisotopic (exact) mass is 373 g/mol. The summed E-state index contributed by atoms with van der Waals surface area (Å²) in [5.41, 5.74) is 2.85. The van der Waals surface area contributed by atoms with E-state index in [1.807, 2.05) is 13.8 Å². The molecule has 0 atom stereocenters. The number of hydrogen-bond donors (Lipinski definition) is 1. The van der Waals surface area contributed by atoms with Crippen LogP contribution in [-0.4, -0.2) is 25.7 Å². The molecule has 8 heteroatoms. The number of nitrogens with zero attached hydrogens (tertiary/aromatic N) is 2. The van der Waals surface area contributed by atoms with Crippen LogP contribution in [0.2, 0.25) is 0 Å². The van der Waals surface area contributed by atoms with Crippen molar-refractivity contribution in [1.82, 2.24) is 14.9 Å². The molecule has 0 aliphatic rings. The lowest BCUT2D eigenvalue weighted by atomic mass is 10.1. The molecule has 0 amide bonds. The number of hydrogen-bond acceptors (Lipinski definition) is 6. The SMILES string of the molecule is COc1ccc(-c2onc(C)c2C)cc1S(=O)(=O)NCc1ccccn1. The highest BCUT2D eigenvalue weighted by Gasteiger charge is 2.22. The molecule has 2 heterocycles. The van der Waals surface area contributed by atoms with E-state index in [1.165, 1.54) is 13.2 Å². The quantitative estimate of drug-likeness (QED) is 0.714. The highest BCUT2D eigenvalue weighted by atomic mass is 32.2. The lowest BCUT2D eigenvalue weighted by Crippen LogP contribution is -2.24. The highest BCUT2D eigenvalue weighted by molar-refractivity contribution is 7.89. The van der Waals surface area contributed by atoms with Gasteiger partial charge < -0.3 is 9.26 Å². The molecule has 26 heavy (non-hydrogen) atoms. The fourth-order valence-corrected chi connectivity index (χ4v) is 3.65. The summed E-state index contributed by atoms with van der Waals surface area (Å²) in [4.78, 5) is 4.15. The Morgan fingerprint density at radius 2 is 2.00 bits per heavy atom. The zero-order chi connectivity index (χ0) is 18.7. The number of aromatic nitrogens is 2. The van der Waals surface area contributed by atoms with Gasteiger partial charge in [0.25, 0.3) is 0 Å². The molecule has 0 unspecified atom stereocenters. The van der Waals surface area contributed by atoms with Crippen LogP contribution in [0.15, 0.2) is 52.0 Å². The molecule has 0 saturated heterocycles. The van der Waals surface area contributed by atoms with Crippen LogP contribution in [0.1, 0.15) is 17.0 Å². The van der Waals surface area contributed by atoms with Gasteiger partial charge in [-0.1, -0.05) is 11.2 Å². The second-order valence-corrected chi connectivity index (χ2v) is 7.47. The van der Waals surface area contributed by atoms with Gasteiger partial charge in [-0.2, -0.15) is 0 Å². The van der Waals surface area contributed by atoms with Crippen molar-refractivity contribution in [3.05, 3.63) is 59.5 Å². The Labute approximate surface area is 152 Å². The van der Waals surface area contributed by atoms with Crippen molar-refractivity contribution in [3.8, 4) is 17.1 Å². The Bertz CT molecular complexity index is 1010. The molecule has 2 aromatic heterocycles. The van der Waals surface area contributed by atoms with E-state index in [4.69, 9.17) is 9.26 Å². The first-order valence-corrected chi connectivity index (χ1v) is 9.41. The van der Waals surface area contributed by atoms with Gasteiger partial charge in [0, 0.05) is 17.3 Å². The molecule has 0 fully saturated rings. The van der Waals surface area contributed by atoms with Crippen molar-refractivity contribution in [2.75, 3.05) is 7.11 Å². The zero-order valence-corrected chi connectivity index (χ0v) is 15.5. The molecule has 0 aliphatic carbocycles. The average Bonchev–Trinajstić information content (AvgIpc) is 2.99. The minimum atomic E-state index is -3.81. The molecule has 0 radical (unpaired) electrons. The summed E-state index contributed by atoms with van der Waals surface area (Å²) < 4.78 is 38.7. The normalized spacial score (nSPS) is 11.5. The Morgan fingerprint density at radius 3 is 2.62 bits per heavy atom. The number of pyridine rings is 1. The maximum Gasteiger partial charge on any atom is 0.244 e. The lowest BCUT2D eigenvalue weighted by molar-refractivity contribution is 0.402. The molecule has 7 nitrogen and oxygen atoms in total. The third kappa shape index (κ3) is 3.61. The smallest absolute Gasteiger partial charge is 0.244 e. The van der Waals surface area contributed by atoms with E-state index in [0.717, 1.165) is 11.3 Å². The van der Waals surface area contributed by atoms with Crippen molar-refractivity contribution in [2.24, 2.45) is 0 Å². The van der Waals surface area contributed by atoms with E-state index in [0.29, 0.717) is 17.0 Å². The summed E-state index contributed by atoms with van der Waals surface area (Å²) in [5, 5.41) is 3.92. The van der Waals surface area contributed by atoms with Crippen molar-refractivity contribution in [3.63, 3.8) is 0 Å². The van der Waals surface area contributed by atoms with E-state index < -0.39 is 10.0 Å². The van der Waals surface area contributed by atoms with Crippen molar-refractivity contribution >= 4 is 10.0 Å². The minimum absolute atomic E-state index is 0.0295. The first-order chi connectivity index (χ1) is 12.4.